The predicted molar refractivity (Wildman–Crippen MR) is 74.5 cm³/mol. The molecule has 1 atom stereocenters. The molecule has 0 radical (unpaired) electrons. The Kier molecular flexibility index (Phi) is 4.52. The van der Waals surface area contributed by atoms with Crippen LogP contribution in [0.5, 0.6) is 0 Å². The van der Waals surface area contributed by atoms with E-state index in [0.29, 0.717) is 24.2 Å². The fraction of sp³-hybridized carbons (Fsp3) is 0.615. The van der Waals surface area contributed by atoms with E-state index < -0.39 is 5.97 Å². The zero-order valence-electron chi connectivity index (χ0n) is 11.8. The van der Waals surface area contributed by atoms with Crippen LogP contribution in [0.3, 0.4) is 0 Å². The first kappa shape index (κ1) is 15.1. The van der Waals surface area contributed by atoms with Gasteiger partial charge in [-0.05, 0) is 13.8 Å². The second kappa shape index (κ2) is 5.99. The number of Topliss-reactive ketones (excluding diaryl/α,β-unsaturated/α-hetero) is 1. The number of carbonyl (C=O) groups excluding carboxylic acids is 1. The Morgan fingerprint density at radius 3 is 2.70 bits per heavy atom. The van der Waals surface area contributed by atoms with E-state index in [0.717, 1.165) is 17.9 Å². The van der Waals surface area contributed by atoms with Gasteiger partial charge in [0, 0.05) is 26.1 Å². The Morgan fingerprint density at radius 1 is 1.50 bits per heavy atom. The number of aromatic carboxylic acids is 1. The monoisotopic (exact) mass is 298 g/mol. The minimum absolute atomic E-state index is 0.164. The van der Waals surface area contributed by atoms with Gasteiger partial charge in [0.2, 0.25) is 0 Å². The van der Waals surface area contributed by atoms with E-state index in [-0.39, 0.29) is 22.5 Å². The topological polar surface area (TPSA) is 79.7 Å². The van der Waals surface area contributed by atoms with Crippen molar-refractivity contribution in [3.05, 3.63) is 15.6 Å². The Bertz CT molecular complexity index is 495. The molecule has 6 nitrogen and oxygen atoms in total. The molecular formula is C13H18N2O4S. The number of carbonyl (C=O) groups is 2. The first-order valence-electron chi connectivity index (χ1n) is 6.50. The number of ketones is 1. The summed E-state index contributed by atoms with van der Waals surface area (Å²) in [6, 6.07) is 0.396. The molecule has 20 heavy (non-hydrogen) atoms. The number of morpholine rings is 1. The Hall–Kier alpha value is -1.31. The summed E-state index contributed by atoms with van der Waals surface area (Å²) in [5, 5.41) is 9.67. The van der Waals surface area contributed by atoms with E-state index in [1.807, 2.05) is 0 Å². The number of rotatable bonds is 4. The van der Waals surface area contributed by atoms with Crippen molar-refractivity contribution < 1.29 is 19.4 Å². The molecule has 0 spiro atoms. The second-order valence-corrected chi connectivity index (χ2v) is 6.07. The molecule has 1 fully saturated rings. The second-order valence-electron chi connectivity index (χ2n) is 5.04. The van der Waals surface area contributed by atoms with E-state index in [4.69, 9.17) is 9.84 Å². The SMILES string of the molecule is CC(=O)c1sc(C2CN(C(C)C)CCO2)nc1C(=O)O. The highest BCUT2D eigenvalue weighted by molar-refractivity contribution is 7.14. The smallest absolute Gasteiger partial charge is 0.356 e. The van der Waals surface area contributed by atoms with Gasteiger partial charge in [-0.3, -0.25) is 9.69 Å². The maximum Gasteiger partial charge on any atom is 0.356 e. The van der Waals surface area contributed by atoms with Crippen LogP contribution in [0.1, 0.15) is 52.0 Å². The summed E-state index contributed by atoms with van der Waals surface area (Å²) in [5.41, 5.74) is -0.164. The van der Waals surface area contributed by atoms with Crippen LogP contribution >= 0.6 is 11.3 Å². The number of aromatic nitrogens is 1. The number of hydrogen-bond acceptors (Lipinski definition) is 6. The van der Waals surface area contributed by atoms with Gasteiger partial charge in [-0.25, -0.2) is 9.78 Å². The average Bonchev–Trinajstić information content (AvgIpc) is 2.84. The maximum atomic E-state index is 11.5. The van der Waals surface area contributed by atoms with Crippen molar-refractivity contribution in [1.29, 1.82) is 0 Å². The number of carboxylic acid groups (broad SMARTS) is 1. The molecule has 1 aromatic rings. The van der Waals surface area contributed by atoms with Crippen molar-refractivity contribution in [3.8, 4) is 0 Å². The normalized spacial score (nSPS) is 20.3. The lowest BCUT2D eigenvalue weighted by Gasteiger charge is -2.34. The molecule has 0 aliphatic carbocycles. The minimum atomic E-state index is -1.17. The lowest BCUT2D eigenvalue weighted by Crippen LogP contribution is -2.42. The van der Waals surface area contributed by atoms with Gasteiger partial charge in [-0.2, -0.15) is 0 Å². The first-order chi connectivity index (χ1) is 9.40. The number of ether oxygens (including phenoxy) is 1. The summed E-state index contributed by atoms with van der Waals surface area (Å²) < 4.78 is 5.67. The van der Waals surface area contributed by atoms with Crippen LogP contribution in [0.25, 0.3) is 0 Å². The summed E-state index contributed by atoms with van der Waals surface area (Å²) in [4.78, 5) is 29.2. The van der Waals surface area contributed by atoms with Crippen molar-refractivity contribution in [2.24, 2.45) is 0 Å². The summed E-state index contributed by atoms with van der Waals surface area (Å²) >= 11 is 1.12. The van der Waals surface area contributed by atoms with E-state index in [1.54, 1.807) is 0 Å². The number of thiazole rings is 1. The van der Waals surface area contributed by atoms with E-state index in [1.165, 1.54) is 6.92 Å². The van der Waals surface area contributed by atoms with E-state index in [2.05, 4.69) is 23.7 Å². The van der Waals surface area contributed by atoms with Crippen molar-refractivity contribution in [2.45, 2.75) is 32.9 Å². The van der Waals surface area contributed by atoms with Gasteiger partial charge >= 0.3 is 5.97 Å². The maximum absolute atomic E-state index is 11.5. The number of nitrogens with zero attached hydrogens (tertiary/aromatic N) is 2. The third-order valence-corrected chi connectivity index (χ3v) is 4.52. The molecule has 7 heteroatoms. The molecule has 1 aliphatic rings. The molecule has 0 bridgehead atoms. The molecule has 1 unspecified atom stereocenters. The summed E-state index contributed by atoms with van der Waals surface area (Å²) in [6.07, 6.45) is -0.262. The van der Waals surface area contributed by atoms with Crippen LogP contribution in [0.2, 0.25) is 0 Å². The lowest BCUT2D eigenvalue weighted by atomic mass is 10.2. The van der Waals surface area contributed by atoms with Crippen LogP contribution < -0.4 is 0 Å². The molecule has 1 aliphatic heterocycles. The summed E-state index contributed by atoms with van der Waals surface area (Å²) in [7, 11) is 0. The molecule has 1 saturated heterocycles. The highest BCUT2D eigenvalue weighted by atomic mass is 32.1. The van der Waals surface area contributed by atoms with Crippen molar-refractivity contribution in [3.63, 3.8) is 0 Å². The molecule has 0 saturated carbocycles. The van der Waals surface area contributed by atoms with Crippen LogP contribution in [-0.2, 0) is 4.74 Å². The van der Waals surface area contributed by atoms with Gasteiger partial charge in [-0.1, -0.05) is 0 Å². The number of hydrogen-bond donors (Lipinski definition) is 1. The Balaban J connectivity index is 2.26. The molecule has 0 amide bonds. The predicted octanol–water partition coefficient (Wildman–Crippen LogP) is 1.83. The standard InChI is InChI=1S/C13H18N2O4S/c1-7(2)15-4-5-19-9(6-15)12-14-10(13(17)18)11(20-12)8(3)16/h7,9H,4-6H2,1-3H3,(H,17,18). The molecule has 2 rings (SSSR count). The van der Waals surface area contributed by atoms with Crippen LogP contribution in [0, 0.1) is 0 Å². The van der Waals surface area contributed by atoms with Crippen LogP contribution in [0.15, 0.2) is 0 Å². The molecule has 110 valence electrons. The molecular weight excluding hydrogens is 280 g/mol. The van der Waals surface area contributed by atoms with Gasteiger partial charge in [-0.15, -0.1) is 11.3 Å². The lowest BCUT2D eigenvalue weighted by molar-refractivity contribution is -0.0403. The van der Waals surface area contributed by atoms with Gasteiger partial charge < -0.3 is 9.84 Å². The number of carboxylic acids is 1. The third-order valence-electron chi connectivity index (χ3n) is 3.27. The van der Waals surface area contributed by atoms with E-state index in [9.17, 15) is 9.59 Å². The van der Waals surface area contributed by atoms with Crippen LogP contribution in [0.4, 0.5) is 0 Å². The average molecular weight is 298 g/mol. The van der Waals surface area contributed by atoms with Gasteiger partial charge in [0.15, 0.2) is 11.5 Å². The zero-order chi connectivity index (χ0) is 14.9. The van der Waals surface area contributed by atoms with Gasteiger partial charge in [0.1, 0.15) is 16.0 Å². The fourth-order valence-electron chi connectivity index (χ4n) is 2.15. The Morgan fingerprint density at radius 2 is 2.20 bits per heavy atom. The van der Waals surface area contributed by atoms with Crippen molar-refractivity contribution in [2.75, 3.05) is 19.7 Å². The molecule has 2 heterocycles. The molecule has 1 aromatic heterocycles. The minimum Gasteiger partial charge on any atom is -0.476 e. The molecule has 1 N–H and O–H groups in total. The van der Waals surface area contributed by atoms with Crippen molar-refractivity contribution >= 4 is 23.1 Å². The third kappa shape index (κ3) is 3.05. The summed E-state index contributed by atoms with van der Waals surface area (Å²) in [5.74, 6) is -1.45. The molecule has 0 aromatic carbocycles. The fourth-order valence-corrected chi connectivity index (χ4v) is 3.14. The highest BCUT2D eigenvalue weighted by Crippen LogP contribution is 2.29. The van der Waals surface area contributed by atoms with Crippen LogP contribution in [-0.4, -0.2) is 52.5 Å². The highest BCUT2D eigenvalue weighted by Gasteiger charge is 2.29. The Labute approximate surface area is 121 Å². The van der Waals surface area contributed by atoms with E-state index >= 15 is 0 Å². The van der Waals surface area contributed by atoms with Crippen molar-refractivity contribution in [1.82, 2.24) is 9.88 Å². The van der Waals surface area contributed by atoms with Gasteiger partial charge in [0.25, 0.3) is 0 Å². The summed E-state index contributed by atoms with van der Waals surface area (Å²) in [6.45, 7) is 7.67. The first-order valence-corrected chi connectivity index (χ1v) is 7.32. The largest absolute Gasteiger partial charge is 0.476 e. The van der Waals surface area contributed by atoms with Gasteiger partial charge in [0.05, 0.1) is 6.61 Å². The quantitative estimate of drug-likeness (QED) is 0.854. The zero-order valence-corrected chi connectivity index (χ0v) is 12.6.